The Morgan fingerprint density at radius 2 is 1.73 bits per heavy atom. The average Bonchev–Trinajstić information content (AvgIpc) is 3.31. The first kappa shape index (κ1) is 23.2. The van der Waals surface area contributed by atoms with E-state index < -0.39 is 8.32 Å². The molecule has 170 valence electrons. The van der Waals surface area contributed by atoms with Gasteiger partial charge in [0.15, 0.2) is 10.8 Å². The highest BCUT2D eigenvalue weighted by atomic mass is 32.1. The van der Waals surface area contributed by atoms with Crippen LogP contribution in [0.5, 0.6) is 11.5 Å². The van der Waals surface area contributed by atoms with Gasteiger partial charge in [-0.3, -0.25) is 4.79 Å². The second-order valence-electron chi connectivity index (χ2n) is 9.66. The fourth-order valence-electron chi connectivity index (χ4n) is 3.23. The molecule has 0 radical (unpaired) electrons. The van der Waals surface area contributed by atoms with Gasteiger partial charge in [0.2, 0.25) is 5.78 Å². The van der Waals surface area contributed by atoms with Crippen molar-refractivity contribution in [2.45, 2.75) is 45.5 Å². The molecule has 1 heterocycles. The smallest absolute Gasteiger partial charge is 0.250 e. The monoisotopic (exact) mass is 475 g/mol. The molecule has 0 N–H and O–H groups in total. The number of aromatic nitrogens is 1. The second-order valence-corrected chi connectivity index (χ2v) is 15.3. The number of hydrogen-bond acceptors (Lipinski definition) is 5. The highest BCUT2D eigenvalue weighted by Crippen LogP contribution is 2.40. The Labute approximate surface area is 200 Å². The minimum Gasteiger partial charge on any atom is -0.541 e. The SMILES string of the molecule is CC(C)(C)[Si](C)(C)Oc1cc(C(=O)c2nccs2)ccc1OCc1ccc2ccccc2c1. The lowest BCUT2D eigenvalue weighted by atomic mass is 10.1. The summed E-state index contributed by atoms with van der Waals surface area (Å²) in [5.41, 5.74) is 1.63. The highest BCUT2D eigenvalue weighted by molar-refractivity contribution is 7.11. The molecular weight excluding hydrogens is 446 g/mol. The molecule has 0 aliphatic carbocycles. The number of fused-ring (bicyclic) bond motifs is 1. The molecule has 3 aromatic carbocycles. The summed E-state index contributed by atoms with van der Waals surface area (Å²) in [4.78, 5) is 17.1. The zero-order chi connectivity index (χ0) is 23.6. The lowest BCUT2D eigenvalue weighted by molar-refractivity contribution is 0.103. The summed E-state index contributed by atoms with van der Waals surface area (Å²) in [7, 11) is -2.15. The van der Waals surface area contributed by atoms with Crippen LogP contribution in [0.3, 0.4) is 0 Å². The molecule has 33 heavy (non-hydrogen) atoms. The summed E-state index contributed by atoms with van der Waals surface area (Å²) in [5.74, 6) is 1.15. The molecule has 0 spiro atoms. The van der Waals surface area contributed by atoms with Gasteiger partial charge in [-0.25, -0.2) is 4.98 Å². The Morgan fingerprint density at radius 1 is 0.970 bits per heavy atom. The van der Waals surface area contributed by atoms with Crippen molar-refractivity contribution >= 4 is 36.2 Å². The van der Waals surface area contributed by atoms with Gasteiger partial charge in [-0.1, -0.05) is 57.2 Å². The van der Waals surface area contributed by atoms with Crippen molar-refractivity contribution in [3.8, 4) is 11.5 Å². The third-order valence-corrected chi connectivity index (χ3v) is 11.3. The van der Waals surface area contributed by atoms with Gasteiger partial charge in [0.25, 0.3) is 8.32 Å². The van der Waals surface area contributed by atoms with Crippen molar-refractivity contribution in [3.63, 3.8) is 0 Å². The van der Waals surface area contributed by atoms with E-state index >= 15 is 0 Å². The van der Waals surface area contributed by atoms with E-state index in [1.54, 1.807) is 23.7 Å². The van der Waals surface area contributed by atoms with Gasteiger partial charge in [0, 0.05) is 17.1 Å². The number of carbonyl (C=O) groups excluding carboxylic acids is 1. The van der Waals surface area contributed by atoms with E-state index in [4.69, 9.17) is 9.16 Å². The molecular formula is C27H29NO3SSi. The molecule has 1 aromatic heterocycles. The summed E-state index contributed by atoms with van der Waals surface area (Å²) in [5, 5.41) is 4.67. The van der Waals surface area contributed by atoms with E-state index in [-0.39, 0.29) is 10.8 Å². The number of thiazole rings is 1. The van der Waals surface area contributed by atoms with E-state index in [1.807, 2.05) is 18.2 Å². The molecule has 0 saturated carbocycles. The average molecular weight is 476 g/mol. The lowest BCUT2D eigenvalue weighted by Crippen LogP contribution is -2.44. The van der Waals surface area contributed by atoms with Crippen LogP contribution in [0.2, 0.25) is 18.1 Å². The first-order chi connectivity index (χ1) is 15.6. The van der Waals surface area contributed by atoms with Gasteiger partial charge in [-0.2, -0.15) is 0 Å². The third kappa shape index (κ3) is 5.18. The van der Waals surface area contributed by atoms with Crippen LogP contribution in [0.4, 0.5) is 0 Å². The molecule has 0 amide bonds. The van der Waals surface area contributed by atoms with Crippen LogP contribution < -0.4 is 9.16 Å². The lowest BCUT2D eigenvalue weighted by Gasteiger charge is -2.37. The van der Waals surface area contributed by atoms with Gasteiger partial charge >= 0.3 is 0 Å². The third-order valence-electron chi connectivity index (χ3n) is 6.21. The summed E-state index contributed by atoms with van der Waals surface area (Å²) < 4.78 is 12.8. The number of hydrogen-bond donors (Lipinski definition) is 0. The van der Waals surface area contributed by atoms with Crippen LogP contribution in [-0.2, 0) is 6.61 Å². The minimum atomic E-state index is -2.15. The normalized spacial score (nSPS) is 12.0. The zero-order valence-electron chi connectivity index (χ0n) is 19.7. The van der Waals surface area contributed by atoms with Crippen molar-refractivity contribution in [1.29, 1.82) is 0 Å². The van der Waals surface area contributed by atoms with Gasteiger partial charge in [-0.15, -0.1) is 11.3 Å². The highest BCUT2D eigenvalue weighted by Gasteiger charge is 2.39. The van der Waals surface area contributed by atoms with Crippen molar-refractivity contribution in [2.24, 2.45) is 0 Å². The van der Waals surface area contributed by atoms with Crippen LogP contribution in [0.25, 0.3) is 10.8 Å². The van der Waals surface area contributed by atoms with E-state index in [2.05, 4.69) is 69.2 Å². The predicted molar refractivity (Wildman–Crippen MR) is 138 cm³/mol. The van der Waals surface area contributed by atoms with Gasteiger partial charge in [0.05, 0.1) is 0 Å². The van der Waals surface area contributed by atoms with E-state index in [9.17, 15) is 4.79 Å². The molecule has 0 bridgehead atoms. The Balaban J connectivity index is 1.64. The first-order valence-electron chi connectivity index (χ1n) is 11.0. The maximum atomic E-state index is 12.9. The Bertz CT molecular complexity index is 1280. The van der Waals surface area contributed by atoms with Crippen LogP contribution in [0, 0.1) is 0 Å². The second kappa shape index (κ2) is 9.12. The molecule has 0 unspecified atom stereocenters. The van der Waals surface area contributed by atoms with Crippen LogP contribution >= 0.6 is 11.3 Å². The number of carbonyl (C=O) groups is 1. The van der Waals surface area contributed by atoms with Gasteiger partial charge < -0.3 is 9.16 Å². The molecule has 0 saturated heterocycles. The van der Waals surface area contributed by atoms with E-state index in [0.717, 1.165) is 5.56 Å². The predicted octanol–water partition coefficient (Wildman–Crippen LogP) is 7.49. The number of nitrogens with zero attached hydrogens (tertiary/aromatic N) is 1. The van der Waals surface area contributed by atoms with Crippen LogP contribution in [-0.4, -0.2) is 19.1 Å². The van der Waals surface area contributed by atoms with Crippen LogP contribution in [0.1, 0.15) is 41.7 Å². The number of rotatable bonds is 7. The molecule has 4 nitrogen and oxygen atoms in total. The van der Waals surface area contributed by atoms with Crippen molar-refractivity contribution < 1.29 is 14.0 Å². The van der Waals surface area contributed by atoms with E-state index in [1.165, 1.54) is 22.1 Å². The van der Waals surface area contributed by atoms with Gasteiger partial charge in [0.1, 0.15) is 12.4 Å². The molecule has 0 fully saturated rings. The standard InChI is InChI=1S/C27H29NO3SSi/c1-27(2,3)33(4,5)31-24-17-22(25(29)26-28-14-15-32-26)12-13-23(24)30-18-19-10-11-20-8-6-7-9-21(20)16-19/h6-17H,18H2,1-5H3. The largest absolute Gasteiger partial charge is 0.541 e. The number of ketones is 1. The summed E-state index contributed by atoms with van der Waals surface area (Å²) in [6.07, 6.45) is 1.64. The van der Waals surface area contributed by atoms with Crippen molar-refractivity contribution in [2.75, 3.05) is 0 Å². The molecule has 6 heteroatoms. The van der Waals surface area contributed by atoms with E-state index in [0.29, 0.717) is 28.7 Å². The number of benzene rings is 3. The number of ether oxygens (including phenoxy) is 1. The zero-order valence-corrected chi connectivity index (χ0v) is 21.5. The van der Waals surface area contributed by atoms with Crippen LogP contribution in [0.15, 0.2) is 72.2 Å². The summed E-state index contributed by atoms with van der Waals surface area (Å²) >= 11 is 1.34. The Hall–Kier alpha value is -2.96. The van der Waals surface area contributed by atoms with Gasteiger partial charge in [-0.05, 0) is 58.7 Å². The molecule has 4 aromatic rings. The van der Waals surface area contributed by atoms with Crippen molar-refractivity contribution in [1.82, 2.24) is 4.98 Å². The van der Waals surface area contributed by atoms with Crippen molar-refractivity contribution in [3.05, 3.63) is 88.4 Å². The molecule has 0 aliphatic heterocycles. The quantitative estimate of drug-likeness (QED) is 0.205. The maximum absolute atomic E-state index is 12.9. The fraction of sp³-hybridized carbons (Fsp3) is 0.259. The first-order valence-corrected chi connectivity index (χ1v) is 14.8. The topological polar surface area (TPSA) is 48.4 Å². The minimum absolute atomic E-state index is 0.0118. The molecule has 4 rings (SSSR count). The molecule has 0 atom stereocenters. The summed E-state index contributed by atoms with van der Waals surface area (Å²) in [6.45, 7) is 11.4. The maximum Gasteiger partial charge on any atom is 0.250 e. The Morgan fingerprint density at radius 3 is 2.42 bits per heavy atom. The fourth-order valence-corrected chi connectivity index (χ4v) is 4.84. The molecule has 0 aliphatic rings. The summed E-state index contributed by atoms with van der Waals surface area (Å²) in [6, 6.07) is 20.0. The Kier molecular flexibility index (Phi) is 6.41.